The van der Waals surface area contributed by atoms with Crippen molar-refractivity contribution in [3.8, 4) is 0 Å². The van der Waals surface area contributed by atoms with E-state index < -0.39 is 11.9 Å². The summed E-state index contributed by atoms with van der Waals surface area (Å²) in [6, 6.07) is 0. The van der Waals surface area contributed by atoms with E-state index in [1.165, 1.54) is 0 Å². The molecule has 0 aliphatic carbocycles. The van der Waals surface area contributed by atoms with Gasteiger partial charge in [-0.1, -0.05) is 20.8 Å². The van der Waals surface area contributed by atoms with Gasteiger partial charge < -0.3 is 5.11 Å². The molecule has 18 heavy (non-hydrogen) atoms. The van der Waals surface area contributed by atoms with Gasteiger partial charge in [-0.15, -0.1) is 0 Å². The van der Waals surface area contributed by atoms with E-state index in [0.29, 0.717) is 12.3 Å². The van der Waals surface area contributed by atoms with Crippen molar-refractivity contribution >= 4 is 5.97 Å². The number of hydrogen-bond acceptors (Lipinski definition) is 3. The van der Waals surface area contributed by atoms with Gasteiger partial charge in [-0.3, -0.25) is 4.79 Å². The third kappa shape index (κ3) is 3.79. The van der Waals surface area contributed by atoms with Gasteiger partial charge in [0.2, 0.25) is 0 Å². The Kier molecular flexibility index (Phi) is 4.82. The summed E-state index contributed by atoms with van der Waals surface area (Å²) in [7, 11) is 0. The maximum Gasteiger partial charge on any atom is 0.306 e. The Bertz CT molecular complexity index is 418. The van der Waals surface area contributed by atoms with E-state index in [4.69, 9.17) is 5.11 Å². The van der Waals surface area contributed by atoms with Gasteiger partial charge in [-0.2, -0.15) is 0 Å². The van der Waals surface area contributed by atoms with Gasteiger partial charge in [-0.25, -0.2) is 9.97 Å². The highest BCUT2D eigenvalue weighted by molar-refractivity contribution is 5.70. The first kappa shape index (κ1) is 14.6. The van der Waals surface area contributed by atoms with Crippen LogP contribution in [0.2, 0.25) is 0 Å². The van der Waals surface area contributed by atoms with Gasteiger partial charge in [0, 0.05) is 17.8 Å². The monoisotopic (exact) mass is 250 g/mol. The first-order valence-electron chi connectivity index (χ1n) is 6.37. The maximum atomic E-state index is 10.9. The normalized spacial score (nSPS) is 12.8. The van der Waals surface area contributed by atoms with Crippen LogP contribution in [0.1, 0.15) is 43.5 Å². The van der Waals surface area contributed by atoms with Crippen molar-refractivity contribution in [1.29, 1.82) is 0 Å². The molecule has 1 aromatic heterocycles. The maximum absolute atomic E-state index is 10.9. The summed E-state index contributed by atoms with van der Waals surface area (Å²) in [5.74, 6) is 0.196. The van der Waals surface area contributed by atoms with Crippen molar-refractivity contribution in [3.63, 3.8) is 0 Å². The Balaban J connectivity index is 2.97. The van der Waals surface area contributed by atoms with E-state index in [9.17, 15) is 4.79 Å². The fraction of sp³-hybridized carbons (Fsp3) is 0.643. The zero-order valence-corrected chi connectivity index (χ0v) is 11.8. The van der Waals surface area contributed by atoms with Crippen molar-refractivity contribution in [2.24, 2.45) is 11.8 Å². The van der Waals surface area contributed by atoms with Crippen molar-refractivity contribution < 1.29 is 9.90 Å². The van der Waals surface area contributed by atoms with Gasteiger partial charge in [0.25, 0.3) is 0 Å². The predicted molar refractivity (Wildman–Crippen MR) is 70.6 cm³/mol. The Hall–Kier alpha value is -1.45. The number of hydrogen-bond donors (Lipinski definition) is 1. The lowest BCUT2D eigenvalue weighted by Gasteiger charge is -2.13. The number of rotatable bonds is 5. The number of aliphatic carboxylic acids is 1. The fourth-order valence-corrected chi connectivity index (χ4v) is 1.95. The molecule has 0 spiro atoms. The van der Waals surface area contributed by atoms with E-state index in [0.717, 1.165) is 29.2 Å². The Morgan fingerprint density at radius 2 is 1.61 bits per heavy atom. The standard InChI is InChI=1S/C14H22N2O2/c1-8(2)6-13-15-10(4)12(11(5)16-13)7-9(3)14(17)18/h8-9H,6-7H2,1-5H3,(H,17,18). The Labute approximate surface area is 108 Å². The van der Waals surface area contributed by atoms with Gasteiger partial charge in [0.1, 0.15) is 5.82 Å². The number of aromatic nitrogens is 2. The fourth-order valence-electron chi connectivity index (χ4n) is 1.95. The molecule has 1 heterocycles. The van der Waals surface area contributed by atoms with Gasteiger partial charge in [-0.05, 0) is 31.7 Å². The third-order valence-corrected chi connectivity index (χ3v) is 2.99. The molecule has 0 aliphatic rings. The highest BCUT2D eigenvalue weighted by Crippen LogP contribution is 2.16. The summed E-state index contributed by atoms with van der Waals surface area (Å²) in [4.78, 5) is 19.9. The van der Waals surface area contributed by atoms with Crippen LogP contribution < -0.4 is 0 Å². The van der Waals surface area contributed by atoms with Crippen LogP contribution in [0, 0.1) is 25.7 Å². The predicted octanol–water partition coefficient (Wildman–Crippen LogP) is 2.56. The molecule has 1 aromatic rings. The van der Waals surface area contributed by atoms with Crippen molar-refractivity contribution in [2.75, 3.05) is 0 Å². The van der Waals surface area contributed by atoms with E-state index >= 15 is 0 Å². The molecule has 100 valence electrons. The molecule has 0 bridgehead atoms. The van der Waals surface area contributed by atoms with Crippen LogP contribution >= 0.6 is 0 Å². The van der Waals surface area contributed by atoms with Crippen LogP contribution in [0.5, 0.6) is 0 Å². The summed E-state index contributed by atoms with van der Waals surface area (Å²) < 4.78 is 0. The molecular weight excluding hydrogens is 228 g/mol. The van der Waals surface area contributed by atoms with Gasteiger partial charge >= 0.3 is 5.97 Å². The minimum atomic E-state index is -0.778. The number of carboxylic acid groups (broad SMARTS) is 1. The zero-order valence-electron chi connectivity index (χ0n) is 11.8. The van der Waals surface area contributed by atoms with Crippen molar-refractivity contribution in [2.45, 2.75) is 47.5 Å². The summed E-state index contributed by atoms with van der Waals surface area (Å²) in [6.07, 6.45) is 1.35. The number of aryl methyl sites for hydroxylation is 2. The second-order valence-corrected chi connectivity index (χ2v) is 5.33. The second kappa shape index (κ2) is 5.94. The average molecular weight is 250 g/mol. The van der Waals surface area contributed by atoms with Crippen molar-refractivity contribution in [1.82, 2.24) is 9.97 Å². The highest BCUT2D eigenvalue weighted by Gasteiger charge is 2.16. The molecule has 4 heteroatoms. The SMILES string of the molecule is Cc1nc(CC(C)C)nc(C)c1CC(C)C(=O)O. The molecule has 0 aliphatic heterocycles. The average Bonchev–Trinajstić information content (AvgIpc) is 2.21. The molecule has 4 nitrogen and oxygen atoms in total. The topological polar surface area (TPSA) is 63.1 Å². The molecule has 0 fully saturated rings. The number of carbonyl (C=O) groups is 1. The molecule has 0 amide bonds. The lowest BCUT2D eigenvalue weighted by Crippen LogP contribution is -2.16. The lowest BCUT2D eigenvalue weighted by atomic mass is 9.98. The summed E-state index contributed by atoms with van der Waals surface area (Å²) in [5.41, 5.74) is 2.79. The summed E-state index contributed by atoms with van der Waals surface area (Å²) in [6.45, 7) is 9.84. The van der Waals surface area contributed by atoms with Crippen LogP contribution in [-0.2, 0) is 17.6 Å². The van der Waals surface area contributed by atoms with Crippen LogP contribution in [0.3, 0.4) is 0 Å². The molecule has 1 rings (SSSR count). The van der Waals surface area contributed by atoms with Crippen LogP contribution in [0.4, 0.5) is 0 Å². The number of nitrogens with zero attached hydrogens (tertiary/aromatic N) is 2. The summed E-state index contributed by atoms with van der Waals surface area (Å²) in [5, 5.41) is 8.96. The Morgan fingerprint density at radius 1 is 1.11 bits per heavy atom. The molecule has 0 radical (unpaired) electrons. The molecular formula is C14H22N2O2. The third-order valence-electron chi connectivity index (χ3n) is 2.99. The first-order valence-corrected chi connectivity index (χ1v) is 6.37. The molecule has 1 unspecified atom stereocenters. The van der Waals surface area contributed by atoms with E-state index in [2.05, 4.69) is 23.8 Å². The largest absolute Gasteiger partial charge is 0.481 e. The van der Waals surface area contributed by atoms with Crippen LogP contribution in [0.15, 0.2) is 0 Å². The van der Waals surface area contributed by atoms with E-state index in [1.807, 2.05) is 13.8 Å². The number of carboxylic acids is 1. The second-order valence-electron chi connectivity index (χ2n) is 5.33. The summed E-state index contributed by atoms with van der Waals surface area (Å²) >= 11 is 0. The minimum absolute atomic E-state index is 0.401. The minimum Gasteiger partial charge on any atom is -0.481 e. The highest BCUT2D eigenvalue weighted by atomic mass is 16.4. The van der Waals surface area contributed by atoms with Crippen LogP contribution in [-0.4, -0.2) is 21.0 Å². The molecule has 0 saturated heterocycles. The van der Waals surface area contributed by atoms with E-state index in [-0.39, 0.29) is 0 Å². The van der Waals surface area contributed by atoms with Gasteiger partial charge in [0.15, 0.2) is 0 Å². The van der Waals surface area contributed by atoms with E-state index in [1.54, 1.807) is 6.92 Å². The molecule has 0 aromatic carbocycles. The molecule has 0 saturated carbocycles. The lowest BCUT2D eigenvalue weighted by molar-refractivity contribution is -0.141. The molecule has 1 N–H and O–H groups in total. The van der Waals surface area contributed by atoms with Crippen molar-refractivity contribution in [3.05, 3.63) is 22.8 Å². The van der Waals surface area contributed by atoms with Gasteiger partial charge in [0.05, 0.1) is 5.92 Å². The van der Waals surface area contributed by atoms with Crippen LogP contribution in [0.25, 0.3) is 0 Å². The first-order chi connectivity index (χ1) is 8.31. The molecule has 1 atom stereocenters. The quantitative estimate of drug-likeness (QED) is 0.872. The zero-order chi connectivity index (χ0) is 13.9. The Morgan fingerprint density at radius 3 is 2.00 bits per heavy atom. The smallest absolute Gasteiger partial charge is 0.306 e.